The zero-order valence-electron chi connectivity index (χ0n) is 14.4. The molecule has 0 saturated heterocycles. The van der Waals surface area contributed by atoms with Crippen molar-refractivity contribution >= 4 is 40.0 Å². The SMILES string of the molecule is O=C(COc1ncnc2c(Cl)cc(Cl)cc12)N[C@H]1CCCc2ccccc21. The molecule has 0 bridgehead atoms. The van der Waals surface area contributed by atoms with Gasteiger partial charge in [-0.25, -0.2) is 9.97 Å². The number of rotatable bonds is 4. The highest BCUT2D eigenvalue weighted by Crippen LogP contribution is 2.31. The van der Waals surface area contributed by atoms with E-state index in [1.807, 2.05) is 12.1 Å². The second kappa shape index (κ2) is 7.71. The Morgan fingerprint density at radius 2 is 2.07 bits per heavy atom. The molecule has 1 heterocycles. The second-order valence-corrected chi connectivity index (χ2v) is 7.31. The number of halogens is 2. The fourth-order valence-corrected chi connectivity index (χ4v) is 4.00. The number of hydrogen-bond donors (Lipinski definition) is 1. The summed E-state index contributed by atoms with van der Waals surface area (Å²) < 4.78 is 5.64. The van der Waals surface area contributed by atoms with Crippen LogP contribution in [-0.4, -0.2) is 22.5 Å². The molecule has 1 aromatic heterocycles. The average Bonchev–Trinajstić information content (AvgIpc) is 2.67. The number of nitrogens with zero attached hydrogens (tertiary/aromatic N) is 2. The summed E-state index contributed by atoms with van der Waals surface area (Å²) >= 11 is 12.2. The van der Waals surface area contributed by atoms with Crippen molar-refractivity contribution in [1.82, 2.24) is 15.3 Å². The van der Waals surface area contributed by atoms with Crippen LogP contribution in [0.2, 0.25) is 10.0 Å². The van der Waals surface area contributed by atoms with Gasteiger partial charge in [0.05, 0.1) is 22.0 Å². The van der Waals surface area contributed by atoms with E-state index in [9.17, 15) is 4.79 Å². The molecule has 138 valence electrons. The predicted octanol–water partition coefficient (Wildman–Crippen LogP) is 4.51. The minimum atomic E-state index is -0.198. The van der Waals surface area contributed by atoms with Crippen molar-refractivity contribution in [3.05, 3.63) is 63.9 Å². The van der Waals surface area contributed by atoms with Gasteiger partial charge in [-0.1, -0.05) is 47.5 Å². The predicted molar refractivity (Wildman–Crippen MR) is 105 cm³/mol. The number of carbonyl (C=O) groups excluding carboxylic acids is 1. The summed E-state index contributed by atoms with van der Waals surface area (Å²) in [6, 6.07) is 11.5. The Balaban J connectivity index is 1.47. The van der Waals surface area contributed by atoms with E-state index in [1.54, 1.807) is 12.1 Å². The summed E-state index contributed by atoms with van der Waals surface area (Å²) in [5.41, 5.74) is 3.01. The van der Waals surface area contributed by atoms with Gasteiger partial charge in [-0.05, 0) is 42.5 Å². The summed E-state index contributed by atoms with van der Waals surface area (Å²) in [7, 11) is 0. The van der Waals surface area contributed by atoms with Crippen LogP contribution in [0.1, 0.15) is 30.0 Å². The highest BCUT2D eigenvalue weighted by Gasteiger charge is 2.21. The molecule has 4 rings (SSSR count). The number of hydrogen-bond acceptors (Lipinski definition) is 4. The maximum atomic E-state index is 12.4. The van der Waals surface area contributed by atoms with E-state index in [-0.39, 0.29) is 24.4 Å². The number of aryl methyl sites for hydroxylation is 1. The van der Waals surface area contributed by atoms with Crippen LogP contribution in [0.25, 0.3) is 10.9 Å². The molecule has 0 aliphatic heterocycles. The lowest BCUT2D eigenvalue weighted by Gasteiger charge is -2.26. The largest absolute Gasteiger partial charge is 0.467 e. The fraction of sp³-hybridized carbons (Fsp3) is 0.250. The maximum absolute atomic E-state index is 12.4. The number of fused-ring (bicyclic) bond motifs is 2. The maximum Gasteiger partial charge on any atom is 0.258 e. The van der Waals surface area contributed by atoms with Crippen LogP contribution in [-0.2, 0) is 11.2 Å². The number of ether oxygens (including phenoxy) is 1. The van der Waals surface area contributed by atoms with Gasteiger partial charge in [0.25, 0.3) is 5.91 Å². The molecular weight excluding hydrogens is 385 g/mol. The second-order valence-electron chi connectivity index (χ2n) is 6.46. The van der Waals surface area contributed by atoms with Gasteiger partial charge in [0, 0.05) is 5.02 Å². The zero-order valence-corrected chi connectivity index (χ0v) is 15.9. The molecule has 27 heavy (non-hydrogen) atoms. The molecule has 7 heteroatoms. The van der Waals surface area contributed by atoms with Crippen molar-refractivity contribution in [3.8, 4) is 5.88 Å². The third-order valence-corrected chi connectivity index (χ3v) is 5.17. The van der Waals surface area contributed by atoms with Crippen LogP contribution in [0.3, 0.4) is 0 Å². The number of carbonyl (C=O) groups is 1. The summed E-state index contributed by atoms with van der Waals surface area (Å²) in [4.78, 5) is 20.7. The van der Waals surface area contributed by atoms with E-state index in [0.717, 1.165) is 19.3 Å². The van der Waals surface area contributed by atoms with Crippen LogP contribution in [0.15, 0.2) is 42.7 Å². The third-order valence-electron chi connectivity index (χ3n) is 4.67. The normalized spacial score (nSPS) is 16.0. The highest BCUT2D eigenvalue weighted by atomic mass is 35.5. The fourth-order valence-electron chi connectivity index (χ4n) is 3.46. The highest BCUT2D eigenvalue weighted by molar-refractivity contribution is 6.38. The Morgan fingerprint density at radius 3 is 2.96 bits per heavy atom. The lowest BCUT2D eigenvalue weighted by molar-refractivity contribution is -0.124. The summed E-state index contributed by atoms with van der Waals surface area (Å²) in [5, 5.41) is 4.50. The molecule has 1 amide bonds. The monoisotopic (exact) mass is 401 g/mol. The van der Waals surface area contributed by atoms with Crippen molar-refractivity contribution in [2.24, 2.45) is 0 Å². The molecule has 1 aliphatic rings. The van der Waals surface area contributed by atoms with E-state index in [0.29, 0.717) is 20.9 Å². The molecule has 3 aromatic rings. The Hall–Kier alpha value is -2.37. The molecule has 2 aromatic carbocycles. The molecule has 1 atom stereocenters. The van der Waals surface area contributed by atoms with Gasteiger partial charge in [-0.15, -0.1) is 0 Å². The van der Waals surface area contributed by atoms with E-state index >= 15 is 0 Å². The average molecular weight is 402 g/mol. The zero-order chi connectivity index (χ0) is 18.8. The van der Waals surface area contributed by atoms with Crippen molar-refractivity contribution in [2.45, 2.75) is 25.3 Å². The Labute approximate surface area is 166 Å². The van der Waals surface area contributed by atoms with Gasteiger partial charge in [-0.3, -0.25) is 4.79 Å². The van der Waals surface area contributed by atoms with E-state index < -0.39 is 0 Å². The first-order chi connectivity index (χ1) is 13.1. The van der Waals surface area contributed by atoms with Crippen LogP contribution in [0.4, 0.5) is 0 Å². The standard InChI is InChI=1S/C20H17Cl2N3O2/c21-13-8-15-19(16(22)9-13)23-11-24-20(15)27-10-18(26)25-17-7-3-5-12-4-1-2-6-14(12)17/h1-2,4,6,8-9,11,17H,3,5,7,10H2,(H,25,26)/t17-/m0/s1. The van der Waals surface area contributed by atoms with Crippen molar-refractivity contribution < 1.29 is 9.53 Å². The van der Waals surface area contributed by atoms with Gasteiger partial charge in [0.2, 0.25) is 5.88 Å². The Bertz CT molecular complexity index is 1010. The summed E-state index contributed by atoms with van der Waals surface area (Å²) in [5.74, 6) is 0.0835. The molecule has 1 N–H and O–H groups in total. The molecule has 0 radical (unpaired) electrons. The molecule has 0 unspecified atom stereocenters. The Kier molecular flexibility index (Phi) is 5.14. The smallest absolute Gasteiger partial charge is 0.258 e. The molecular formula is C20H17Cl2N3O2. The quantitative estimate of drug-likeness (QED) is 0.698. The first-order valence-corrected chi connectivity index (χ1v) is 9.47. The molecule has 0 saturated carbocycles. The Morgan fingerprint density at radius 1 is 1.22 bits per heavy atom. The van der Waals surface area contributed by atoms with Gasteiger partial charge < -0.3 is 10.1 Å². The molecule has 0 spiro atoms. The lowest BCUT2D eigenvalue weighted by Crippen LogP contribution is -2.34. The van der Waals surface area contributed by atoms with Crippen molar-refractivity contribution in [3.63, 3.8) is 0 Å². The topological polar surface area (TPSA) is 64.1 Å². The van der Waals surface area contributed by atoms with Crippen LogP contribution in [0, 0.1) is 0 Å². The van der Waals surface area contributed by atoms with Gasteiger partial charge in [0.15, 0.2) is 6.61 Å². The molecule has 5 nitrogen and oxygen atoms in total. The molecule has 0 fully saturated rings. The van der Waals surface area contributed by atoms with Crippen LogP contribution >= 0.6 is 23.2 Å². The van der Waals surface area contributed by atoms with Gasteiger partial charge >= 0.3 is 0 Å². The number of amides is 1. The number of aromatic nitrogens is 2. The van der Waals surface area contributed by atoms with E-state index in [2.05, 4.69) is 27.4 Å². The van der Waals surface area contributed by atoms with Crippen LogP contribution in [0.5, 0.6) is 5.88 Å². The van der Waals surface area contributed by atoms with E-state index in [4.69, 9.17) is 27.9 Å². The summed E-state index contributed by atoms with van der Waals surface area (Å²) in [6.45, 7) is -0.144. The minimum Gasteiger partial charge on any atom is -0.467 e. The van der Waals surface area contributed by atoms with Crippen molar-refractivity contribution in [2.75, 3.05) is 6.61 Å². The lowest BCUT2D eigenvalue weighted by atomic mass is 9.88. The van der Waals surface area contributed by atoms with Gasteiger partial charge in [-0.2, -0.15) is 0 Å². The minimum absolute atomic E-state index is 0.0112. The number of benzene rings is 2. The molecule has 1 aliphatic carbocycles. The number of nitrogens with one attached hydrogen (secondary N) is 1. The first-order valence-electron chi connectivity index (χ1n) is 8.71. The van der Waals surface area contributed by atoms with Crippen LogP contribution < -0.4 is 10.1 Å². The third kappa shape index (κ3) is 3.84. The summed E-state index contributed by atoms with van der Waals surface area (Å²) in [6.07, 6.45) is 4.38. The van der Waals surface area contributed by atoms with Crippen molar-refractivity contribution in [1.29, 1.82) is 0 Å². The first kappa shape index (κ1) is 18.0. The van der Waals surface area contributed by atoms with Gasteiger partial charge in [0.1, 0.15) is 6.33 Å². The van der Waals surface area contributed by atoms with E-state index in [1.165, 1.54) is 17.5 Å².